The molecule has 14 heavy (non-hydrogen) atoms. The van der Waals surface area contributed by atoms with Crippen LogP contribution in [0.4, 0.5) is 0 Å². The monoisotopic (exact) mass is 211 g/mol. The first-order valence-electron chi connectivity index (χ1n) is 5.13. The van der Waals surface area contributed by atoms with Crippen molar-refractivity contribution in [3.05, 3.63) is 16.6 Å². The van der Waals surface area contributed by atoms with E-state index in [1.165, 1.54) is 31.6 Å². The first kappa shape index (κ1) is 10.1. The fourth-order valence-electron chi connectivity index (χ4n) is 1.91. The molecular formula is C10H17N3S. The highest BCUT2D eigenvalue weighted by molar-refractivity contribution is 7.07. The van der Waals surface area contributed by atoms with E-state index >= 15 is 0 Å². The normalized spacial score (nSPS) is 23.9. The molecule has 1 saturated heterocycles. The summed E-state index contributed by atoms with van der Waals surface area (Å²) in [7, 11) is 2.19. The summed E-state index contributed by atoms with van der Waals surface area (Å²) < 4.78 is 0. The summed E-state index contributed by atoms with van der Waals surface area (Å²) in [6.45, 7) is 3.33. The highest BCUT2D eigenvalue weighted by atomic mass is 32.1. The molecule has 1 atom stereocenters. The topological polar surface area (TPSA) is 28.2 Å². The molecule has 0 amide bonds. The predicted molar refractivity (Wildman–Crippen MR) is 59.5 cm³/mol. The van der Waals surface area contributed by atoms with Crippen LogP contribution in [0, 0.1) is 0 Å². The van der Waals surface area contributed by atoms with Crippen LogP contribution in [0.3, 0.4) is 0 Å². The lowest BCUT2D eigenvalue weighted by molar-refractivity contribution is 0.226. The van der Waals surface area contributed by atoms with Crippen molar-refractivity contribution in [3.8, 4) is 0 Å². The summed E-state index contributed by atoms with van der Waals surface area (Å²) in [5, 5.41) is 5.67. The molecule has 4 heteroatoms. The van der Waals surface area contributed by atoms with Crippen molar-refractivity contribution in [2.75, 3.05) is 20.1 Å². The molecule has 1 aliphatic heterocycles. The maximum Gasteiger partial charge on any atom is 0.0795 e. The number of hydrogen-bond donors (Lipinski definition) is 1. The third kappa shape index (κ3) is 2.77. The van der Waals surface area contributed by atoms with Crippen molar-refractivity contribution < 1.29 is 0 Å². The van der Waals surface area contributed by atoms with Crippen molar-refractivity contribution in [1.82, 2.24) is 15.2 Å². The number of likely N-dealkylation sites (N-methyl/N-ethyl adjacent to an activating group) is 1. The molecule has 1 fully saturated rings. The highest BCUT2D eigenvalue weighted by Crippen LogP contribution is 2.09. The molecule has 0 aliphatic carbocycles. The average Bonchev–Trinajstić information content (AvgIpc) is 2.67. The predicted octanol–water partition coefficient (Wildman–Crippen LogP) is 1.33. The average molecular weight is 211 g/mol. The van der Waals surface area contributed by atoms with E-state index in [1.54, 1.807) is 11.3 Å². The number of thiazole rings is 1. The number of hydrogen-bond acceptors (Lipinski definition) is 4. The Morgan fingerprint density at radius 2 is 2.64 bits per heavy atom. The zero-order valence-corrected chi connectivity index (χ0v) is 9.39. The van der Waals surface area contributed by atoms with E-state index in [4.69, 9.17) is 0 Å². The van der Waals surface area contributed by atoms with Crippen molar-refractivity contribution in [2.24, 2.45) is 0 Å². The van der Waals surface area contributed by atoms with Gasteiger partial charge in [0.15, 0.2) is 0 Å². The van der Waals surface area contributed by atoms with Gasteiger partial charge in [-0.3, -0.25) is 0 Å². The molecule has 3 nitrogen and oxygen atoms in total. The van der Waals surface area contributed by atoms with Crippen molar-refractivity contribution in [1.29, 1.82) is 0 Å². The quantitative estimate of drug-likeness (QED) is 0.817. The van der Waals surface area contributed by atoms with Gasteiger partial charge in [-0.1, -0.05) is 0 Å². The number of piperidine rings is 1. The van der Waals surface area contributed by atoms with Crippen LogP contribution in [0.5, 0.6) is 0 Å². The molecule has 0 bridgehead atoms. The van der Waals surface area contributed by atoms with Gasteiger partial charge in [0.1, 0.15) is 0 Å². The lowest BCUT2D eigenvalue weighted by atomic mass is 10.1. The van der Waals surface area contributed by atoms with Crippen molar-refractivity contribution in [3.63, 3.8) is 0 Å². The summed E-state index contributed by atoms with van der Waals surface area (Å²) >= 11 is 1.67. The smallest absolute Gasteiger partial charge is 0.0795 e. The molecule has 1 unspecified atom stereocenters. The maximum absolute atomic E-state index is 4.26. The van der Waals surface area contributed by atoms with E-state index in [-0.39, 0.29) is 0 Å². The Balaban J connectivity index is 1.75. The summed E-state index contributed by atoms with van der Waals surface area (Å²) in [5.41, 5.74) is 3.06. The van der Waals surface area contributed by atoms with Crippen molar-refractivity contribution >= 4 is 11.3 Å². The Morgan fingerprint density at radius 1 is 1.71 bits per heavy atom. The van der Waals surface area contributed by atoms with Crippen LogP contribution in [0.15, 0.2) is 10.9 Å². The molecule has 1 aromatic rings. The Kier molecular flexibility index (Phi) is 3.50. The van der Waals surface area contributed by atoms with Crippen LogP contribution >= 0.6 is 11.3 Å². The van der Waals surface area contributed by atoms with E-state index in [0.29, 0.717) is 6.04 Å². The minimum atomic E-state index is 0.649. The largest absolute Gasteiger partial charge is 0.307 e. The van der Waals surface area contributed by atoms with E-state index in [9.17, 15) is 0 Å². The SMILES string of the molecule is CN1CCCC(NCc2cscn2)C1. The summed E-state index contributed by atoms with van der Waals surface area (Å²) in [6, 6.07) is 0.649. The van der Waals surface area contributed by atoms with E-state index in [1.807, 2.05) is 5.51 Å². The summed E-state index contributed by atoms with van der Waals surface area (Å²) in [5.74, 6) is 0. The second-order valence-electron chi connectivity index (χ2n) is 3.96. The fraction of sp³-hybridized carbons (Fsp3) is 0.700. The van der Waals surface area contributed by atoms with Gasteiger partial charge in [0, 0.05) is 24.5 Å². The number of nitrogens with zero attached hydrogens (tertiary/aromatic N) is 2. The van der Waals surface area contributed by atoms with Gasteiger partial charge >= 0.3 is 0 Å². The van der Waals surface area contributed by atoms with Crippen LogP contribution in [0.2, 0.25) is 0 Å². The molecular weight excluding hydrogens is 194 g/mol. The zero-order valence-electron chi connectivity index (χ0n) is 8.57. The van der Waals surface area contributed by atoms with Gasteiger partial charge < -0.3 is 10.2 Å². The Bertz CT molecular complexity index is 260. The summed E-state index contributed by atoms with van der Waals surface area (Å²) in [6.07, 6.45) is 2.61. The molecule has 0 spiro atoms. The zero-order chi connectivity index (χ0) is 9.80. The van der Waals surface area contributed by atoms with Gasteiger partial charge in [-0.25, -0.2) is 4.98 Å². The standard InChI is InChI=1S/C10H17N3S/c1-13-4-2-3-9(6-13)11-5-10-7-14-8-12-10/h7-9,11H,2-6H2,1H3. The van der Waals surface area contributed by atoms with Gasteiger partial charge in [-0.2, -0.15) is 0 Å². The molecule has 2 heterocycles. The van der Waals surface area contributed by atoms with Gasteiger partial charge in [-0.05, 0) is 26.4 Å². The second-order valence-corrected chi connectivity index (χ2v) is 4.68. The minimum Gasteiger partial charge on any atom is -0.307 e. The molecule has 78 valence electrons. The Morgan fingerprint density at radius 3 is 3.36 bits per heavy atom. The Labute approximate surface area is 89.1 Å². The first-order valence-corrected chi connectivity index (χ1v) is 6.08. The molecule has 0 radical (unpaired) electrons. The van der Waals surface area contributed by atoms with Crippen LogP contribution in [-0.4, -0.2) is 36.1 Å². The van der Waals surface area contributed by atoms with Crippen LogP contribution < -0.4 is 5.32 Å². The van der Waals surface area contributed by atoms with Gasteiger partial charge in [0.05, 0.1) is 11.2 Å². The van der Waals surface area contributed by atoms with E-state index < -0.39 is 0 Å². The number of rotatable bonds is 3. The van der Waals surface area contributed by atoms with Crippen molar-refractivity contribution in [2.45, 2.75) is 25.4 Å². The third-order valence-corrected chi connectivity index (χ3v) is 3.32. The minimum absolute atomic E-state index is 0.649. The molecule has 1 aliphatic rings. The van der Waals surface area contributed by atoms with Gasteiger partial charge in [0.2, 0.25) is 0 Å². The lowest BCUT2D eigenvalue weighted by Gasteiger charge is -2.30. The third-order valence-electron chi connectivity index (χ3n) is 2.68. The van der Waals surface area contributed by atoms with Crippen LogP contribution in [0.25, 0.3) is 0 Å². The first-order chi connectivity index (χ1) is 6.84. The molecule has 2 rings (SSSR count). The Hall–Kier alpha value is -0.450. The van der Waals surface area contributed by atoms with Gasteiger partial charge in [0.25, 0.3) is 0 Å². The number of likely N-dealkylation sites (tertiary alicyclic amines) is 1. The molecule has 0 saturated carbocycles. The fourth-order valence-corrected chi connectivity index (χ4v) is 2.47. The summed E-state index contributed by atoms with van der Waals surface area (Å²) in [4.78, 5) is 6.65. The van der Waals surface area contributed by atoms with E-state index in [0.717, 1.165) is 6.54 Å². The molecule has 1 aromatic heterocycles. The van der Waals surface area contributed by atoms with E-state index in [2.05, 4.69) is 27.6 Å². The highest BCUT2D eigenvalue weighted by Gasteiger charge is 2.16. The number of nitrogens with one attached hydrogen (secondary N) is 1. The number of aromatic nitrogens is 1. The maximum atomic E-state index is 4.26. The van der Waals surface area contributed by atoms with Gasteiger partial charge in [-0.15, -0.1) is 11.3 Å². The molecule has 1 N–H and O–H groups in total. The van der Waals surface area contributed by atoms with Crippen LogP contribution in [-0.2, 0) is 6.54 Å². The molecule has 0 aromatic carbocycles. The second kappa shape index (κ2) is 4.87. The lowest BCUT2D eigenvalue weighted by Crippen LogP contribution is -2.43. The van der Waals surface area contributed by atoms with Crippen LogP contribution in [0.1, 0.15) is 18.5 Å².